The molecule has 1 aromatic rings. The van der Waals surface area contributed by atoms with Gasteiger partial charge in [-0.1, -0.05) is 50.8 Å². The molecule has 0 amide bonds. The molecule has 2 saturated carbocycles. The largest absolute Gasteiger partial charge is 0.204 e. The Morgan fingerprint density at radius 1 is 0.759 bits per heavy atom. The number of benzene rings is 1. The smallest absolute Gasteiger partial charge is 0.159 e. The summed E-state index contributed by atoms with van der Waals surface area (Å²) >= 11 is 0. The minimum absolute atomic E-state index is 0.716. The summed E-state index contributed by atoms with van der Waals surface area (Å²) in [6.45, 7) is 2.29. The molecule has 0 unspecified atom stereocenters. The summed E-state index contributed by atoms with van der Waals surface area (Å²) in [4.78, 5) is 0. The lowest BCUT2D eigenvalue weighted by Crippen LogP contribution is -2.15. The van der Waals surface area contributed by atoms with Gasteiger partial charge in [0.1, 0.15) is 0 Å². The van der Waals surface area contributed by atoms with Crippen molar-refractivity contribution in [1.29, 1.82) is 0 Å². The SMILES string of the molecule is CCCCC[C@H]1CC[C@H](/C=C/[C@H]2CC[C@H](CCc3ccc(F)c(F)c3)CC2)CC1. The van der Waals surface area contributed by atoms with Crippen molar-refractivity contribution in [2.24, 2.45) is 23.7 Å². The molecule has 2 aliphatic carbocycles. The minimum atomic E-state index is -0.744. The van der Waals surface area contributed by atoms with E-state index in [9.17, 15) is 8.78 Å². The molecule has 0 aliphatic heterocycles. The number of aryl methyl sites for hydroxylation is 1. The van der Waals surface area contributed by atoms with E-state index in [2.05, 4.69) is 19.1 Å². The van der Waals surface area contributed by atoms with Crippen LogP contribution < -0.4 is 0 Å². The second kappa shape index (κ2) is 11.9. The van der Waals surface area contributed by atoms with Gasteiger partial charge in [0.15, 0.2) is 11.6 Å². The molecule has 29 heavy (non-hydrogen) atoms. The minimum Gasteiger partial charge on any atom is -0.204 e. The van der Waals surface area contributed by atoms with Gasteiger partial charge in [0.2, 0.25) is 0 Å². The van der Waals surface area contributed by atoms with E-state index in [1.807, 2.05) is 0 Å². The fourth-order valence-corrected chi connectivity index (χ4v) is 5.40. The molecule has 2 aliphatic rings. The Labute approximate surface area is 177 Å². The third-order valence-corrected chi connectivity index (χ3v) is 7.48. The van der Waals surface area contributed by atoms with E-state index in [-0.39, 0.29) is 0 Å². The quantitative estimate of drug-likeness (QED) is 0.286. The second-order valence-electron chi connectivity index (χ2n) is 9.73. The van der Waals surface area contributed by atoms with Gasteiger partial charge in [-0.15, -0.1) is 0 Å². The van der Waals surface area contributed by atoms with Gasteiger partial charge in [0, 0.05) is 0 Å². The molecule has 0 N–H and O–H groups in total. The first-order chi connectivity index (χ1) is 14.1. The highest BCUT2D eigenvalue weighted by Gasteiger charge is 2.22. The van der Waals surface area contributed by atoms with Crippen LogP contribution in [-0.2, 0) is 6.42 Å². The van der Waals surface area contributed by atoms with Gasteiger partial charge in [-0.2, -0.15) is 0 Å². The van der Waals surface area contributed by atoms with Gasteiger partial charge in [-0.3, -0.25) is 0 Å². The maximum Gasteiger partial charge on any atom is 0.159 e. The Morgan fingerprint density at radius 2 is 1.34 bits per heavy atom. The molecular weight excluding hydrogens is 362 g/mol. The summed E-state index contributed by atoms with van der Waals surface area (Å²) < 4.78 is 26.4. The summed E-state index contributed by atoms with van der Waals surface area (Å²) in [6.07, 6.45) is 23.5. The normalized spacial score (nSPS) is 28.1. The van der Waals surface area contributed by atoms with Gasteiger partial charge in [-0.25, -0.2) is 8.78 Å². The molecule has 0 aromatic heterocycles. The Morgan fingerprint density at radius 3 is 1.90 bits per heavy atom. The molecule has 0 bridgehead atoms. The number of allylic oxidation sites excluding steroid dienone is 2. The zero-order chi connectivity index (χ0) is 20.5. The van der Waals surface area contributed by atoms with Crippen molar-refractivity contribution >= 4 is 0 Å². The second-order valence-corrected chi connectivity index (χ2v) is 9.73. The number of rotatable bonds is 9. The van der Waals surface area contributed by atoms with Crippen LogP contribution >= 0.6 is 0 Å². The van der Waals surface area contributed by atoms with Crippen molar-refractivity contribution in [1.82, 2.24) is 0 Å². The summed E-state index contributed by atoms with van der Waals surface area (Å²) in [5, 5.41) is 0. The van der Waals surface area contributed by atoms with Crippen molar-refractivity contribution in [3.8, 4) is 0 Å². The van der Waals surface area contributed by atoms with E-state index in [0.717, 1.165) is 42.1 Å². The van der Waals surface area contributed by atoms with E-state index in [1.165, 1.54) is 89.2 Å². The van der Waals surface area contributed by atoms with Gasteiger partial charge >= 0.3 is 0 Å². The van der Waals surface area contributed by atoms with Crippen LogP contribution in [0.3, 0.4) is 0 Å². The molecule has 2 heteroatoms. The highest BCUT2D eigenvalue weighted by atomic mass is 19.2. The number of unbranched alkanes of at least 4 members (excludes halogenated alkanes) is 2. The summed E-state index contributed by atoms with van der Waals surface area (Å²) in [5.41, 5.74) is 0.927. The molecule has 0 radical (unpaired) electrons. The van der Waals surface area contributed by atoms with Gasteiger partial charge in [0.05, 0.1) is 0 Å². The molecule has 0 nitrogen and oxygen atoms in total. The van der Waals surface area contributed by atoms with Crippen LogP contribution in [0.2, 0.25) is 0 Å². The molecular formula is C27H40F2. The Balaban J connectivity index is 1.31. The molecule has 0 heterocycles. The molecule has 2 fully saturated rings. The van der Waals surface area contributed by atoms with Crippen LogP contribution in [-0.4, -0.2) is 0 Å². The molecule has 162 valence electrons. The van der Waals surface area contributed by atoms with Crippen LogP contribution in [0.4, 0.5) is 8.78 Å². The number of hydrogen-bond donors (Lipinski definition) is 0. The van der Waals surface area contributed by atoms with Crippen LogP contribution in [0.25, 0.3) is 0 Å². The summed E-state index contributed by atoms with van der Waals surface area (Å²) in [7, 11) is 0. The summed E-state index contributed by atoms with van der Waals surface area (Å²) in [6, 6.07) is 4.35. The predicted octanol–water partition coefficient (Wildman–Crippen LogP) is 8.65. The average Bonchev–Trinajstić information content (AvgIpc) is 2.75. The zero-order valence-electron chi connectivity index (χ0n) is 18.4. The molecule has 0 spiro atoms. The first-order valence-electron chi connectivity index (χ1n) is 12.3. The fraction of sp³-hybridized carbons (Fsp3) is 0.704. The summed E-state index contributed by atoms with van der Waals surface area (Å²) in [5.74, 6) is 1.86. The number of hydrogen-bond acceptors (Lipinski definition) is 0. The Bertz CT molecular complexity index is 619. The molecule has 1 aromatic carbocycles. The Hall–Kier alpha value is -1.18. The average molecular weight is 403 g/mol. The third kappa shape index (κ3) is 7.54. The maximum absolute atomic E-state index is 13.3. The zero-order valence-corrected chi connectivity index (χ0v) is 18.4. The lowest BCUT2D eigenvalue weighted by molar-refractivity contribution is 0.282. The van der Waals surface area contributed by atoms with Crippen LogP contribution in [0.5, 0.6) is 0 Å². The van der Waals surface area contributed by atoms with Crippen molar-refractivity contribution in [2.75, 3.05) is 0 Å². The van der Waals surface area contributed by atoms with Crippen molar-refractivity contribution in [3.63, 3.8) is 0 Å². The monoisotopic (exact) mass is 402 g/mol. The standard InChI is InChI=1S/C27H40F2/c1-2-3-4-5-21-6-8-22(9-7-21)10-11-23-12-14-24(15-13-23)16-17-25-18-19-26(28)27(29)20-25/h10-11,18-24H,2-9,12-17H2,1H3/b11-10+/t21-,22-,23-,24-. The Kier molecular flexibility index (Phi) is 9.21. The topological polar surface area (TPSA) is 0 Å². The van der Waals surface area contributed by atoms with Crippen molar-refractivity contribution < 1.29 is 8.78 Å². The van der Waals surface area contributed by atoms with Gasteiger partial charge in [0.25, 0.3) is 0 Å². The van der Waals surface area contributed by atoms with Crippen LogP contribution in [0, 0.1) is 35.3 Å². The van der Waals surface area contributed by atoms with Crippen molar-refractivity contribution in [2.45, 2.75) is 96.8 Å². The highest BCUT2D eigenvalue weighted by molar-refractivity contribution is 5.17. The predicted molar refractivity (Wildman–Crippen MR) is 119 cm³/mol. The maximum atomic E-state index is 13.3. The van der Waals surface area contributed by atoms with E-state index >= 15 is 0 Å². The van der Waals surface area contributed by atoms with Gasteiger partial charge < -0.3 is 0 Å². The van der Waals surface area contributed by atoms with Crippen LogP contribution in [0.15, 0.2) is 30.4 Å². The highest BCUT2D eigenvalue weighted by Crippen LogP contribution is 2.35. The third-order valence-electron chi connectivity index (χ3n) is 7.48. The fourth-order valence-electron chi connectivity index (χ4n) is 5.40. The van der Waals surface area contributed by atoms with Crippen molar-refractivity contribution in [3.05, 3.63) is 47.5 Å². The first-order valence-corrected chi connectivity index (χ1v) is 12.3. The molecule has 3 rings (SSSR count). The van der Waals surface area contributed by atoms with E-state index in [4.69, 9.17) is 0 Å². The lowest BCUT2D eigenvalue weighted by Gasteiger charge is -2.29. The first kappa shape index (κ1) is 22.5. The van der Waals surface area contributed by atoms with E-state index < -0.39 is 11.6 Å². The van der Waals surface area contributed by atoms with E-state index in [1.54, 1.807) is 6.07 Å². The van der Waals surface area contributed by atoms with Crippen LogP contribution in [0.1, 0.15) is 96.0 Å². The lowest BCUT2D eigenvalue weighted by atomic mass is 9.77. The molecule has 0 atom stereocenters. The molecule has 0 saturated heterocycles. The van der Waals surface area contributed by atoms with Gasteiger partial charge in [-0.05, 0) is 106 Å². The van der Waals surface area contributed by atoms with E-state index in [0.29, 0.717) is 0 Å². The number of halogens is 2.